The van der Waals surface area contributed by atoms with Gasteiger partial charge >= 0.3 is 12.1 Å². The third kappa shape index (κ3) is 2.77. The van der Waals surface area contributed by atoms with Crippen molar-refractivity contribution in [3.63, 3.8) is 0 Å². The molecule has 23 heavy (non-hydrogen) atoms. The lowest BCUT2D eigenvalue weighted by Crippen LogP contribution is -2.28. The zero-order chi connectivity index (χ0) is 16.6. The molecule has 0 radical (unpaired) electrons. The number of nitrogens with one attached hydrogen (secondary N) is 1. The molecule has 0 aliphatic carbocycles. The lowest BCUT2D eigenvalue weighted by atomic mass is 9.86. The zero-order valence-electron chi connectivity index (χ0n) is 12.5. The molecule has 0 saturated heterocycles. The van der Waals surface area contributed by atoms with Gasteiger partial charge in [0.2, 0.25) is 0 Å². The number of esters is 1. The molecule has 1 aromatic carbocycles. The van der Waals surface area contributed by atoms with Crippen LogP contribution in [-0.2, 0) is 19.0 Å². The maximum atomic E-state index is 11.9. The minimum absolute atomic E-state index is 0.135. The van der Waals surface area contributed by atoms with E-state index >= 15 is 0 Å². The summed E-state index contributed by atoms with van der Waals surface area (Å²) < 4.78 is 15.0. The van der Waals surface area contributed by atoms with Crippen molar-refractivity contribution in [3.05, 3.63) is 57.6 Å². The number of methoxy groups -OCH3 is 1. The van der Waals surface area contributed by atoms with E-state index in [2.05, 4.69) is 10.1 Å². The van der Waals surface area contributed by atoms with Gasteiger partial charge in [-0.2, -0.15) is 0 Å². The number of benzene rings is 1. The number of dihydropyridines is 1. The zero-order valence-corrected chi connectivity index (χ0v) is 13.3. The van der Waals surface area contributed by atoms with Gasteiger partial charge in [0.1, 0.15) is 18.1 Å². The summed E-state index contributed by atoms with van der Waals surface area (Å²) in [6, 6.07) is 7.11. The topological polar surface area (TPSA) is 73.9 Å². The molecule has 0 aromatic heterocycles. The normalized spacial score (nSPS) is 20.0. The first-order valence-electron chi connectivity index (χ1n) is 6.90. The van der Waals surface area contributed by atoms with Crippen molar-refractivity contribution in [2.45, 2.75) is 12.8 Å². The maximum Gasteiger partial charge on any atom is 0.513 e. The van der Waals surface area contributed by atoms with E-state index in [1.54, 1.807) is 19.1 Å². The summed E-state index contributed by atoms with van der Waals surface area (Å²) >= 11 is 5.94. The first kappa shape index (κ1) is 15.4. The average Bonchev–Trinajstić information content (AvgIpc) is 2.90. The SMILES string of the molecule is COC(=O)OC1=C(C)NC2=C(COC2=O)C1c1ccc(Cl)cc1. The molecule has 1 atom stereocenters. The molecular formula is C16H14ClNO5. The van der Waals surface area contributed by atoms with E-state index in [1.807, 2.05) is 12.1 Å². The quantitative estimate of drug-likeness (QED) is 0.838. The molecule has 2 heterocycles. The molecule has 6 nitrogen and oxygen atoms in total. The molecular weight excluding hydrogens is 322 g/mol. The molecule has 0 saturated carbocycles. The van der Waals surface area contributed by atoms with Crippen LogP contribution in [0.2, 0.25) is 5.02 Å². The molecule has 1 aromatic rings. The summed E-state index contributed by atoms with van der Waals surface area (Å²) in [4.78, 5) is 23.4. The second-order valence-corrected chi connectivity index (χ2v) is 5.57. The van der Waals surface area contributed by atoms with Crippen molar-refractivity contribution < 1.29 is 23.8 Å². The van der Waals surface area contributed by atoms with Crippen molar-refractivity contribution in [2.75, 3.05) is 13.7 Å². The summed E-state index contributed by atoms with van der Waals surface area (Å²) in [5.74, 6) is -0.472. The molecule has 2 aliphatic heterocycles. The third-order valence-electron chi connectivity index (χ3n) is 3.74. The predicted octanol–water partition coefficient (Wildman–Crippen LogP) is 2.85. The van der Waals surface area contributed by atoms with Crippen LogP contribution >= 0.6 is 11.6 Å². The van der Waals surface area contributed by atoms with Gasteiger partial charge in [-0.25, -0.2) is 9.59 Å². The molecule has 120 valence electrons. The second-order valence-electron chi connectivity index (χ2n) is 5.13. The predicted molar refractivity (Wildman–Crippen MR) is 81.5 cm³/mol. The molecule has 7 heteroatoms. The summed E-state index contributed by atoms with van der Waals surface area (Å²) in [5, 5.41) is 3.53. The van der Waals surface area contributed by atoms with E-state index in [4.69, 9.17) is 21.1 Å². The fourth-order valence-corrected chi connectivity index (χ4v) is 2.80. The number of ether oxygens (including phenoxy) is 3. The van der Waals surface area contributed by atoms with Crippen LogP contribution < -0.4 is 5.32 Å². The van der Waals surface area contributed by atoms with Gasteiger partial charge in [-0.3, -0.25) is 0 Å². The van der Waals surface area contributed by atoms with Gasteiger partial charge in [-0.05, 0) is 24.6 Å². The Morgan fingerprint density at radius 2 is 2.04 bits per heavy atom. The van der Waals surface area contributed by atoms with Crippen molar-refractivity contribution in [1.82, 2.24) is 5.32 Å². The average molecular weight is 336 g/mol. The maximum absolute atomic E-state index is 11.9. The molecule has 1 N–H and O–H groups in total. The van der Waals surface area contributed by atoms with Crippen LogP contribution in [0.4, 0.5) is 4.79 Å². The number of carbonyl (C=O) groups is 2. The van der Waals surface area contributed by atoms with Crippen LogP contribution in [0.1, 0.15) is 18.4 Å². The van der Waals surface area contributed by atoms with Crippen LogP contribution in [0, 0.1) is 0 Å². The largest absolute Gasteiger partial charge is 0.513 e. The minimum Gasteiger partial charge on any atom is -0.456 e. The van der Waals surface area contributed by atoms with E-state index in [0.717, 1.165) is 5.56 Å². The Hall–Kier alpha value is -2.47. The number of allylic oxidation sites excluding steroid dienone is 2. The highest BCUT2D eigenvalue weighted by Crippen LogP contribution is 2.41. The Bertz CT molecular complexity index is 735. The number of cyclic esters (lactones) is 1. The highest BCUT2D eigenvalue weighted by atomic mass is 35.5. The van der Waals surface area contributed by atoms with E-state index in [1.165, 1.54) is 7.11 Å². The van der Waals surface area contributed by atoms with Crippen molar-refractivity contribution in [1.29, 1.82) is 0 Å². The smallest absolute Gasteiger partial charge is 0.456 e. The monoisotopic (exact) mass is 335 g/mol. The Balaban J connectivity index is 2.08. The Kier molecular flexibility index (Phi) is 4.00. The fraction of sp³-hybridized carbons (Fsp3) is 0.250. The highest BCUT2D eigenvalue weighted by Gasteiger charge is 2.39. The molecule has 1 unspecified atom stereocenters. The van der Waals surface area contributed by atoms with Crippen LogP contribution in [0.3, 0.4) is 0 Å². The van der Waals surface area contributed by atoms with Crippen LogP contribution in [0.5, 0.6) is 0 Å². The highest BCUT2D eigenvalue weighted by molar-refractivity contribution is 6.30. The summed E-state index contributed by atoms with van der Waals surface area (Å²) in [7, 11) is 1.23. The molecule has 0 fully saturated rings. The first-order chi connectivity index (χ1) is 11.0. The Morgan fingerprint density at radius 3 is 2.70 bits per heavy atom. The van der Waals surface area contributed by atoms with Crippen molar-refractivity contribution in [2.24, 2.45) is 0 Å². The van der Waals surface area contributed by atoms with Crippen LogP contribution in [0.25, 0.3) is 0 Å². The van der Waals surface area contributed by atoms with Gasteiger partial charge in [0.05, 0.1) is 18.7 Å². The van der Waals surface area contributed by atoms with E-state index in [9.17, 15) is 9.59 Å². The standard InChI is InChI=1S/C16H14ClNO5/c1-8-14(23-16(20)21-2)12(9-3-5-10(17)6-4-9)11-7-22-15(19)13(11)18-8/h3-6,12,18H,7H2,1-2H3. The summed E-state index contributed by atoms with van der Waals surface area (Å²) in [6.07, 6.45) is -0.825. The number of halogens is 1. The van der Waals surface area contributed by atoms with Crippen molar-refractivity contribution in [3.8, 4) is 0 Å². The van der Waals surface area contributed by atoms with Crippen molar-refractivity contribution >= 4 is 23.7 Å². The van der Waals surface area contributed by atoms with Gasteiger partial charge in [0.25, 0.3) is 0 Å². The fourth-order valence-electron chi connectivity index (χ4n) is 2.68. The van der Waals surface area contributed by atoms with E-state index in [-0.39, 0.29) is 6.61 Å². The van der Waals surface area contributed by atoms with Gasteiger partial charge in [-0.15, -0.1) is 0 Å². The molecule has 3 rings (SSSR count). The van der Waals surface area contributed by atoms with Crippen LogP contribution in [-0.4, -0.2) is 25.8 Å². The number of rotatable bonds is 2. The van der Waals surface area contributed by atoms with Gasteiger partial charge < -0.3 is 19.5 Å². The first-order valence-corrected chi connectivity index (χ1v) is 7.28. The van der Waals surface area contributed by atoms with Gasteiger partial charge in [0.15, 0.2) is 0 Å². The Morgan fingerprint density at radius 1 is 1.35 bits per heavy atom. The van der Waals surface area contributed by atoms with E-state index < -0.39 is 18.0 Å². The van der Waals surface area contributed by atoms with Crippen LogP contribution in [0.15, 0.2) is 47.0 Å². The molecule has 0 bridgehead atoms. The van der Waals surface area contributed by atoms with Gasteiger partial charge in [-0.1, -0.05) is 23.7 Å². The summed E-state index contributed by atoms with van der Waals surface area (Å²) in [6.45, 7) is 1.85. The molecule has 0 amide bonds. The molecule has 2 aliphatic rings. The lowest BCUT2D eigenvalue weighted by molar-refractivity contribution is -0.136. The Labute approximate surface area is 137 Å². The lowest BCUT2D eigenvalue weighted by Gasteiger charge is -2.27. The molecule has 0 spiro atoms. The minimum atomic E-state index is -0.825. The summed E-state index contributed by atoms with van der Waals surface area (Å²) in [5.41, 5.74) is 2.48. The third-order valence-corrected chi connectivity index (χ3v) is 3.99. The second kappa shape index (κ2) is 5.96. The number of carbonyl (C=O) groups excluding carboxylic acids is 2. The number of hydrogen-bond acceptors (Lipinski definition) is 6. The van der Waals surface area contributed by atoms with Gasteiger partial charge in [0, 0.05) is 10.6 Å². The number of hydrogen-bond donors (Lipinski definition) is 1. The van der Waals surface area contributed by atoms with E-state index in [0.29, 0.717) is 27.7 Å².